The molecule has 0 aliphatic carbocycles. The Bertz CT molecular complexity index is 350. The maximum absolute atomic E-state index is 8.59. The van der Waals surface area contributed by atoms with Crippen LogP contribution < -0.4 is 5.73 Å². The first-order chi connectivity index (χ1) is 5.77. The first-order valence-corrected chi connectivity index (χ1v) is 3.90. The zero-order chi connectivity index (χ0) is 8.97. The second-order valence-electron chi connectivity index (χ2n) is 2.28. The summed E-state index contributed by atoms with van der Waals surface area (Å²) in [6.07, 6.45) is 0. The zero-order valence-electron chi connectivity index (χ0n) is 6.36. The van der Waals surface area contributed by atoms with Crippen molar-refractivity contribution in [1.29, 1.82) is 5.26 Å². The zero-order valence-corrected chi connectivity index (χ0v) is 7.25. The molecule has 0 aromatic heterocycles. The smallest absolute Gasteiger partial charge is 0.0991 e. The Morgan fingerprint density at radius 1 is 1.58 bits per heavy atom. The number of nitrogens with two attached hydrogens (primary N) is 1. The topological polar surface area (TPSA) is 49.8 Å². The van der Waals surface area contributed by atoms with E-state index in [1.165, 1.54) is 5.41 Å². The lowest BCUT2D eigenvalue weighted by molar-refractivity contribution is 1.46. The highest BCUT2D eigenvalue weighted by molar-refractivity contribution is 7.83. The van der Waals surface area contributed by atoms with E-state index in [1.54, 1.807) is 18.2 Å². The number of nitrogens with zero attached hydrogens (tertiary/aromatic N) is 1. The van der Waals surface area contributed by atoms with E-state index >= 15 is 0 Å². The third kappa shape index (κ3) is 1.80. The normalized spacial score (nSPS) is 10.8. The summed E-state index contributed by atoms with van der Waals surface area (Å²) >= 11 is 3.92. The molecule has 3 heteroatoms. The highest BCUT2D eigenvalue weighted by Gasteiger charge is 1.95. The number of nitriles is 1. The summed E-state index contributed by atoms with van der Waals surface area (Å²) in [6, 6.07) is 9.12. The summed E-state index contributed by atoms with van der Waals surface area (Å²) in [5.41, 5.74) is 7.58. The number of hydrogen-bond acceptors (Lipinski definition) is 3. The molecule has 0 atom stereocenters. The van der Waals surface area contributed by atoms with Gasteiger partial charge in [0.1, 0.15) is 0 Å². The van der Waals surface area contributed by atoms with Crippen molar-refractivity contribution in [3.63, 3.8) is 0 Å². The number of thiol groups is 1. The Kier molecular flexibility index (Phi) is 2.78. The quantitative estimate of drug-likeness (QED) is 0.640. The summed E-state index contributed by atoms with van der Waals surface area (Å²) in [5, 5.41) is 10.1. The van der Waals surface area contributed by atoms with Gasteiger partial charge in [0.15, 0.2) is 0 Å². The van der Waals surface area contributed by atoms with Crippen LogP contribution in [0.5, 0.6) is 0 Å². The number of benzene rings is 1. The fourth-order valence-electron chi connectivity index (χ4n) is 0.843. The molecular formula is C9H8N2S. The van der Waals surface area contributed by atoms with Crippen LogP contribution in [0.25, 0.3) is 5.70 Å². The lowest BCUT2D eigenvalue weighted by Crippen LogP contribution is -1.94. The van der Waals surface area contributed by atoms with Gasteiger partial charge in [0, 0.05) is 5.70 Å². The van der Waals surface area contributed by atoms with Crippen molar-refractivity contribution in [2.24, 2.45) is 5.73 Å². The SMILES string of the molecule is N#Cc1cccc(/C(N)=C/S)c1. The van der Waals surface area contributed by atoms with E-state index in [2.05, 4.69) is 12.6 Å². The van der Waals surface area contributed by atoms with Crippen molar-refractivity contribution in [3.05, 3.63) is 40.8 Å². The minimum absolute atomic E-state index is 0.565. The molecule has 0 aliphatic heterocycles. The molecule has 2 nitrogen and oxygen atoms in total. The molecule has 0 saturated carbocycles. The predicted molar refractivity (Wildman–Crippen MR) is 52.3 cm³/mol. The first kappa shape index (κ1) is 8.69. The van der Waals surface area contributed by atoms with E-state index in [0.29, 0.717) is 11.3 Å². The minimum Gasteiger partial charge on any atom is -0.398 e. The molecule has 0 fully saturated rings. The van der Waals surface area contributed by atoms with Gasteiger partial charge in [-0.25, -0.2) is 0 Å². The van der Waals surface area contributed by atoms with Gasteiger partial charge in [-0.15, -0.1) is 12.6 Å². The molecule has 2 N–H and O–H groups in total. The van der Waals surface area contributed by atoms with E-state index in [4.69, 9.17) is 11.0 Å². The van der Waals surface area contributed by atoms with E-state index < -0.39 is 0 Å². The molecule has 1 aromatic carbocycles. The van der Waals surface area contributed by atoms with Crippen molar-refractivity contribution in [2.45, 2.75) is 0 Å². The molecular weight excluding hydrogens is 168 g/mol. The minimum atomic E-state index is 0.565. The molecule has 0 saturated heterocycles. The van der Waals surface area contributed by atoms with Crippen LogP contribution in [0.4, 0.5) is 0 Å². The Hall–Kier alpha value is -1.40. The van der Waals surface area contributed by atoms with Crippen LogP contribution in [0.15, 0.2) is 29.7 Å². The van der Waals surface area contributed by atoms with Gasteiger partial charge in [0.05, 0.1) is 11.6 Å². The van der Waals surface area contributed by atoms with Crippen LogP contribution in [-0.2, 0) is 0 Å². The monoisotopic (exact) mass is 176 g/mol. The molecule has 0 aliphatic rings. The van der Waals surface area contributed by atoms with Gasteiger partial charge >= 0.3 is 0 Å². The van der Waals surface area contributed by atoms with Crippen LogP contribution in [0.2, 0.25) is 0 Å². The Morgan fingerprint density at radius 2 is 2.33 bits per heavy atom. The molecule has 60 valence electrons. The van der Waals surface area contributed by atoms with E-state index in [0.717, 1.165) is 5.56 Å². The maximum atomic E-state index is 8.59. The summed E-state index contributed by atoms with van der Waals surface area (Å²) in [5.74, 6) is 0. The van der Waals surface area contributed by atoms with E-state index in [-0.39, 0.29) is 0 Å². The first-order valence-electron chi connectivity index (χ1n) is 3.38. The van der Waals surface area contributed by atoms with E-state index in [9.17, 15) is 0 Å². The van der Waals surface area contributed by atoms with Gasteiger partial charge in [-0.2, -0.15) is 5.26 Å². The lowest BCUT2D eigenvalue weighted by atomic mass is 10.1. The maximum Gasteiger partial charge on any atom is 0.0991 e. The molecule has 0 unspecified atom stereocenters. The Balaban J connectivity index is 3.12. The number of rotatable bonds is 1. The third-order valence-electron chi connectivity index (χ3n) is 1.46. The van der Waals surface area contributed by atoms with Gasteiger partial charge in [-0.3, -0.25) is 0 Å². The highest BCUT2D eigenvalue weighted by atomic mass is 32.1. The van der Waals surface area contributed by atoms with Gasteiger partial charge in [-0.05, 0) is 23.1 Å². The number of hydrogen-bond donors (Lipinski definition) is 2. The molecule has 1 aromatic rings. The van der Waals surface area contributed by atoms with Crippen LogP contribution in [0.3, 0.4) is 0 Å². The summed E-state index contributed by atoms with van der Waals surface area (Å²) < 4.78 is 0. The van der Waals surface area contributed by atoms with Crippen molar-refractivity contribution in [1.82, 2.24) is 0 Å². The van der Waals surface area contributed by atoms with Crippen molar-refractivity contribution in [3.8, 4) is 6.07 Å². The van der Waals surface area contributed by atoms with Gasteiger partial charge < -0.3 is 5.73 Å². The standard InChI is InChI=1S/C9H8N2S/c10-5-7-2-1-3-8(4-7)9(11)6-12/h1-4,6,12H,11H2/b9-6-. The fraction of sp³-hybridized carbons (Fsp3) is 0. The molecule has 0 bridgehead atoms. The van der Waals surface area contributed by atoms with Gasteiger partial charge in [0.25, 0.3) is 0 Å². The Labute approximate surface area is 76.7 Å². The van der Waals surface area contributed by atoms with Gasteiger partial charge in [-0.1, -0.05) is 12.1 Å². The second kappa shape index (κ2) is 3.84. The largest absolute Gasteiger partial charge is 0.398 e. The summed E-state index contributed by atoms with van der Waals surface area (Å²) in [7, 11) is 0. The van der Waals surface area contributed by atoms with Crippen LogP contribution in [0.1, 0.15) is 11.1 Å². The van der Waals surface area contributed by atoms with Crippen LogP contribution in [-0.4, -0.2) is 0 Å². The summed E-state index contributed by atoms with van der Waals surface area (Å²) in [4.78, 5) is 0. The molecule has 0 heterocycles. The molecule has 1 rings (SSSR count). The Morgan fingerprint density at radius 3 is 2.92 bits per heavy atom. The molecule has 12 heavy (non-hydrogen) atoms. The van der Waals surface area contributed by atoms with Crippen molar-refractivity contribution < 1.29 is 0 Å². The third-order valence-corrected chi connectivity index (χ3v) is 1.74. The van der Waals surface area contributed by atoms with Crippen LogP contribution >= 0.6 is 12.6 Å². The highest BCUT2D eigenvalue weighted by Crippen LogP contribution is 2.11. The summed E-state index contributed by atoms with van der Waals surface area (Å²) in [6.45, 7) is 0. The molecule has 0 amide bonds. The molecule has 0 radical (unpaired) electrons. The van der Waals surface area contributed by atoms with E-state index in [1.807, 2.05) is 12.1 Å². The van der Waals surface area contributed by atoms with Crippen LogP contribution in [0, 0.1) is 11.3 Å². The molecule has 0 spiro atoms. The van der Waals surface area contributed by atoms with Gasteiger partial charge in [0.2, 0.25) is 0 Å². The average Bonchev–Trinajstić information content (AvgIpc) is 2.17. The predicted octanol–water partition coefficient (Wildman–Crippen LogP) is 1.75. The lowest BCUT2D eigenvalue weighted by Gasteiger charge is -1.99. The van der Waals surface area contributed by atoms with Crippen molar-refractivity contribution in [2.75, 3.05) is 0 Å². The second-order valence-corrected chi connectivity index (χ2v) is 2.54. The fourth-order valence-corrected chi connectivity index (χ4v) is 0.992. The van der Waals surface area contributed by atoms with Crippen molar-refractivity contribution >= 4 is 18.3 Å². The average molecular weight is 176 g/mol.